The SMILES string of the molecule is C[C@@]1(CN2CCC(C=O)CC2)CCC(c2ccc(Cl)cc2)=C(CN2CCN(c3ccc(C(=O)NS(=O)(=O)c4ccc(N[C@H](CCN5CCCOCC5)CSc5ccccc5)c(S5(C(F)(F)F)OCO5)c4)cc3)CC2)C1. The Morgan fingerprint density at radius 1 is 0.893 bits per heavy atom. The molecule has 4 aromatic rings. The fraction of sp³-hybridized carbons (Fsp3) is 0.491. The Balaban J connectivity index is 0.853. The summed E-state index contributed by atoms with van der Waals surface area (Å²) in [6, 6.07) is 27.6. The van der Waals surface area contributed by atoms with E-state index >= 15 is 0 Å². The van der Waals surface area contributed by atoms with Gasteiger partial charge >= 0.3 is 5.51 Å². The number of rotatable bonds is 19. The van der Waals surface area contributed by atoms with Crippen molar-refractivity contribution in [2.45, 2.75) is 78.1 Å². The van der Waals surface area contributed by atoms with Crippen LogP contribution in [0.1, 0.15) is 67.8 Å². The lowest BCUT2D eigenvalue weighted by atomic mass is 9.71. The molecule has 0 unspecified atom stereocenters. The number of nitrogens with zero attached hydrogens (tertiary/aromatic N) is 4. The van der Waals surface area contributed by atoms with Gasteiger partial charge in [0.25, 0.3) is 15.9 Å². The number of piperidine rings is 1. The average Bonchev–Trinajstić information content (AvgIpc) is 3.67. The number of aldehydes is 1. The molecule has 75 heavy (non-hydrogen) atoms. The van der Waals surface area contributed by atoms with Crippen molar-refractivity contribution in [3.05, 3.63) is 119 Å². The van der Waals surface area contributed by atoms with E-state index in [1.807, 2.05) is 42.5 Å². The number of benzene rings is 4. The normalized spacial score (nSPS) is 22.4. The van der Waals surface area contributed by atoms with Crippen LogP contribution in [0.2, 0.25) is 5.02 Å². The first kappa shape index (κ1) is 55.6. The maximum Gasteiger partial charge on any atom is 0.501 e. The molecule has 406 valence electrons. The summed E-state index contributed by atoms with van der Waals surface area (Å²) in [6.07, 6.45) is 7.48. The highest BCUT2D eigenvalue weighted by Crippen LogP contribution is 2.75. The average molecular weight is 1110 g/mol. The van der Waals surface area contributed by atoms with Gasteiger partial charge in [0.1, 0.15) is 6.29 Å². The van der Waals surface area contributed by atoms with Crippen LogP contribution in [0.5, 0.6) is 0 Å². The van der Waals surface area contributed by atoms with Crippen LogP contribution in [0, 0.1) is 11.3 Å². The molecule has 0 spiro atoms. The predicted octanol–water partition coefficient (Wildman–Crippen LogP) is 10.3. The van der Waals surface area contributed by atoms with Crippen LogP contribution in [0.25, 0.3) is 5.57 Å². The van der Waals surface area contributed by atoms with E-state index in [0.717, 1.165) is 127 Å². The highest BCUT2D eigenvalue weighted by molar-refractivity contribution is 8.27. The standard InChI is InChI=1S/C55H68ClF3N6O7S3/c1-54(39-64-24-19-41(37-66)20-25-64)22-18-50(42-8-12-45(56)13-9-42)44(35-54)36-63-27-29-65(30-28-63)47-14-10-43(11-15-47)53(67)61-75(68,69)49-16-17-51(52(34-49)74(55(57,58)59)71-40-72-74)60-46(38-73-48-6-3-2-4-7-48)21-26-62-23-5-32-70-33-31-62/h2-4,6-17,34,37,41,46,60H,5,18-33,35-36,38-40H2,1H3,(H,61,67)/t46-,54-/m1/s1. The van der Waals surface area contributed by atoms with Crippen LogP contribution < -0.4 is 14.9 Å². The monoisotopic (exact) mass is 1110 g/mol. The van der Waals surface area contributed by atoms with Crippen LogP contribution in [0.3, 0.4) is 0 Å². The number of hydrogen-bond donors (Lipinski definition) is 2. The highest BCUT2D eigenvalue weighted by atomic mass is 35.5. The highest BCUT2D eigenvalue weighted by Gasteiger charge is 2.57. The fourth-order valence-electron chi connectivity index (χ4n) is 10.9. The van der Waals surface area contributed by atoms with E-state index in [2.05, 4.69) is 48.7 Å². The number of anilines is 2. The van der Waals surface area contributed by atoms with Crippen molar-refractivity contribution < 1.29 is 44.3 Å². The second-order valence-electron chi connectivity index (χ2n) is 20.6. The van der Waals surface area contributed by atoms with E-state index in [9.17, 15) is 31.2 Å². The number of carbonyl (C=O) groups is 2. The topological polar surface area (TPSA) is 133 Å². The molecule has 1 aliphatic carbocycles. The molecular weight excluding hydrogens is 1050 g/mol. The Morgan fingerprint density at radius 2 is 1.63 bits per heavy atom. The molecule has 0 saturated carbocycles. The van der Waals surface area contributed by atoms with E-state index in [1.165, 1.54) is 28.8 Å². The number of allylic oxidation sites excluding steroid dienone is 1. The minimum atomic E-state index is -4.99. The summed E-state index contributed by atoms with van der Waals surface area (Å²) >= 11 is 7.87. The zero-order valence-electron chi connectivity index (χ0n) is 42.4. The van der Waals surface area contributed by atoms with Gasteiger partial charge in [0.2, 0.25) is 0 Å². The number of amides is 1. The molecule has 9 rings (SSSR count). The number of thioether (sulfide) groups is 1. The lowest BCUT2D eigenvalue weighted by Gasteiger charge is -2.50. The van der Waals surface area contributed by atoms with E-state index in [4.69, 9.17) is 24.7 Å². The van der Waals surface area contributed by atoms with Crippen molar-refractivity contribution in [3.63, 3.8) is 0 Å². The first-order valence-corrected chi connectivity index (χ1v) is 30.3. The molecule has 4 saturated heterocycles. The first-order chi connectivity index (χ1) is 36.1. The van der Waals surface area contributed by atoms with Gasteiger partial charge in [-0.1, -0.05) is 65.0 Å². The van der Waals surface area contributed by atoms with E-state index in [1.54, 1.807) is 36.0 Å². The van der Waals surface area contributed by atoms with Crippen LogP contribution in [0.4, 0.5) is 24.5 Å². The van der Waals surface area contributed by atoms with Crippen molar-refractivity contribution in [3.8, 4) is 0 Å². The summed E-state index contributed by atoms with van der Waals surface area (Å²) in [7, 11) is -9.07. The quantitative estimate of drug-likeness (QED) is 0.0683. The van der Waals surface area contributed by atoms with Crippen molar-refractivity contribution in [2.75, 3.05) is 108 Å². The minimum absolute atomic E-state index is 0.0396. The summed E-state index contributed by atoms with van der Waals surface area (Å²) in [6.45, 7) is 12.2. The van der Waals surface area contributed by atoms with Gasteiger partial charge in [0.15, 0.2) is 6.79 Å². The number of alkyl halides is 3. The Hall–Kier alpha value is -4.15. The molecule has 0 radical (unpaired) electrons. The largest absolute Gasteiger partial charge is 0.501 e. The molecule has 4 aliphatic heterocycles. The summed E-state index contributed by atoms with van der Waals surface area (Å²) in [4.78, 5) is 34.6. The maximum atomic E-state index is 15.0. The summed E-state index contributed by atoms with van der Waals surface area (Å²) in [5.41, 5.74) is 0.190. The zero-order valence-corrected chi connectivity index (χ0v) is 45.6. The third-order valence-corrected chi connectivity index (χ3v) is 20.3. The number of piperazine rings is 1. The van der Waals surface area contributed by atoms with Crippen molar-refractivity contribution in [2.24, 2.45) is 11.3 Å². The molecule has 4 fully saturated rings. The molecule has 0 aromatic heterocycles. The molecular formula is C55H68ClF3N6O7S3. The van der Waals surface area contributed by atoms with Crippen LogP contribution in [-0.2, 0) is 27.9 Å². The molecule has 13 nitrogen and oxygen atoms in total. The number of ether oxygens (including phenoxy) is 1. The predicted molar refractivity (Wildman–Crippen MR) is 292 cm³/mol. The number of nitrogens with one attached hydrogen (secondary N) is 2. The number of likely N-dealkylation sites (tertiary alicyclic amines) is 1. The van der Waals surface area contributed by atoms with Gasteiger partial charge < -0.3 is 29.5 Å². The molecule has 20 heteroatoms. The van der Waals surface area contributed by atoms with Gasteiger partial charge in [0, 0.05) is 104 Å². The van der Waals surface area contributed by atoms with E-state index in [-0.39, 0.29) is 28.6 Å². The number of sulfonamides is 1. The minimum Gasteiger partial charge on any atom is -0.380 e. The van der Waals surface area contributed by atoms with Gasteiger partial charge in [-0.3, -0.25) is 9.69 Å². The van der Waals surface area contributed by atoms with Crippen LogP contribution in [-0.4, -0.2) is 145 Å². The Morgan fingerprint density at radius 3 is 2.31 bits per heavy atom. The van der Waals surface area contributed by atoms with Gasteiger partial charge in [-0.2, -0.15) is 13.2 Å². The second-order valence-corrected chi connectivity index (χ2v) is 26.2. The van der Waals surface area contributed by atoms with E-state index in [0.29, 0.717) is 37.0 Å². The Bertz CT molecular complexity index is 2720. The lowest BCUT2D eigenvalue weighted by molar-refractivity contribution is -0.112. The smallest absolute Gasteiger partial charge is 0.380 e. The van der Waals surface area contributed by atoms with Gasteiger partial charge in [-0.05, 0) is 141 Å². The number of hydrogen-bond acceptors (Lipinski definition) is 13. The van der Waals surface area contributed by atoms with Gasteiger partial charge in [0.05, 0.1) is 22.1 Å². The van der Waals surface area contributed by atoms with Gasteiger partial charge in [-0.15, -0.1) is 11.8 Å². The summed E-state index contributed by atoms with van der Waals surface area (Å²) in [5.74, 6) is -0.246. The number of carbonyl (C=O) groups excluding carboxylic acids is 2. The first-order valence-electron chi connectivity index (χ1n) is 25.9. The molecule has 2 N–H and O–H groups in total. The van der Waals surface area contributed by atoms with Crippen LogP contribution >= 0.6 is 34.0 Å². The Kier molecular flexibility index (Phi) is 18.3. The molecule has 2 atom stereocenters. The molecule has 5 aliphatic rings. The fourth-order valence-corrected chi connectivity index (χ4v) is 14.9. The third kappa shape index (κ3) is 13.9. The Labute approximate surface area is 450 Å². The third-order valence-electron chi connectivity index (χ3n) is 15.1. The summed E-state index contributed by atoms with van der Waals surface area (Å²) in [5, 5.41) is 4.04. The number of halogens is 4. The van der Waals surface area contributed by atoms with E-state index < -0.39 is 48.6 Å². The zero-order chi connectivity index (χ0) is 52.6. The lowest BCUT2D eigenvalue weighted by Crippen LogP contribution is -2.48. The summed E-state index contributed by atoms with van der Waals surface area (Å²) < 4.78 is 91.0. The molecule has 1 amide bonds. The van der Waals surface area contributed by atoms with Gasteiger partial charge in [-0.25, -0.2) is 21.5 Å². The van der Waals surface area contributed by atoms with Crippen molar-refractivity contribution >= 4 is 73.1 Å². The van der Waals surface area contributed by atoms with Crippen molar-refractivity contribution in [1.82, 2.24) is 19.4 Å². The second kappa shape index (κ2) is 24.7. The molecule has 4 aromatic carbocycles. The molecule has 0 bridgehead atoms. The molecule has 4 heterocycles. The van der Waals surface area contributed by atoms with Crippen LogP contribution in [0.15, 0.2) is 117 Å². The van der Waals surface area contributed by atoms with Crippen molar-refractivity contribution in [1.29, 1.82) is 0 Å². The maximum absolute atomic E-state index is 15.0.